The number of carbonyl (C=O) groups is 2. The largest absolute Gasteiger partial charge is 0.378 e. The Labute approximate surface area is 145 Å². The summed E-state index contributed by atoms with van der Waals surface area (Å²) in [6, 6.07) is 7.75. The fraction of sp³-hybridized carbons (Fsp3) is 0.556. The van der Waals surface area contributed by atoms with Gasteiger partial charge in [-0.1, -0.05) is 0 Å². The lowest BCUT2D eigenvalue weighted by Crippen LogP contribution is -2.34. The van der Waals surface area contributed by atoms with Gasteiger partial charge in [-0.2, -0.15) is 0 Å². The molecule has 1 aromatic carbocycles. The van der Waals surface area contributed by atoms with E-state index in [1.54, 1.807) is 4.90 Å². The second kappa shape index (κ2) is 9.93. The molecule has 0 spiro atoms. The van der Waals surface area contributed by atoms with Crippen molar-refractivity contribution in [3.05, 3.63) is 24.3 Å². The third-order valence-corrected chi connectivity index (χ3v) is 3.72. The molecule has 0 atom stereocenters. The zero-order valence-corrected chi connectivity index (χ0v) is 15.5. The topological polar surface area (TPSA) is 55.9 Å². The third-order valence-electron chi connectivity index (χ3n) is 3.72. The summed E-state index contributed by atoms with van der Waals surface area (Å²) in [7, 11) is 7.96. The maximum absolute atomic E-state index is 11.9. The smallest absolute Gasteiger partial charge is 0.223 e. The van der Waals surface area contributed by atoms with Gasteiger partial charge < -0.3 is 20.0 Å². The number of rotatable bonds is 9. The van der Waals surface area contributed by atoms with E-state index in [0.717, 1.165) is 24.3 Å². The molecule has 1 N–H and O–H groups in total. The Kier molecular flexibility index (Phi) is 8.26. The van der Waals surface area contributed by atoms with Crippen LogP contribution in [0, 0.1) is 0 Å². The molecule has 134 valence electrons. The van der Waals surface area contributed by atoms with E-state index in [-0.39, 0.29) is 11.8 Å². The number of nitrogens with one attached hydrogen (secondary N) is 1. The Balaban J connectivity index is 2.51. The van der Waals surface area contributed by atoms with Gasteiger partial charge in [0.1, 0.15) is 0 Å². The lowest BCUT2D eigenvalue weighted by molar-refractivity contribution is -0.121. The molecule has 1 rings (SSSR count). The first kappa shape index (κ1) is 20.0. The molecule has 2 amide bonds. The van der Waals surface area contributed by atoms with Gasteiger partial charge in [-0.25, -0.2) is 0 Å². The molecule has 6 heteroatoms. The molecule has 0 aromatic heterocycles. The SMILES string of the molecule is CC(=O)N(CCC(=O)NCCCN(C)C)c1ccc(N(C)C)cc1. The third kappa shape index (κ3) is 7.00. The minimum atomic E-state index is -0.0620. The summed E-state index contributed by atoms with van der Waals surface area (Å²) in [6.45, 7) is 3.51. The highest BCUT2D eigenvalue weighted by molar-refractivity contribution is 5.92. The molecule has 0 bridgehead atoms. The van der Waals surface area contributed by atoms with Crippen LogP contribution in [0.2, 0.25) is 0 Å². The first-order chi connectivity index (χ1) is 11.3. The molecule has 0 heterocycles. The van der Waals surface area contributed by atoms with Gasteiger partial charge in [-0.3, -0.25) is 9.59 Å². The highest BCUT2D eigenvalue weighted by atomic mass is 16.2. The molecular formula is C18H30N4O2. The zero-order chi connectivity index (χ0) is 18.1. The first-order valence-electron chi connectivity index (χ1n) is 8.28. The van der Waals surface area contributed by atoms with Crippen molar-refractivity contribution < 1.29 is 9.59 Å². The lowest BCUT2D eigenvalue weighted by Gasteiger charge is -2.22. The van der Waals surface area contributed by atoms with Gasteiger partial charge in [0.2, 0.25) is 11.8 Å². The molecular weight excluding hydrogens is 304 g/mol. The molecule has 0 aliphatic carbocycles. The van der Waals surface area contributed by atoms with Crippen LogP contribution < -0.4 is 15.1 Å². The Hall–Kier alpha value is -2.08. The lowest BCUT2D eigenvalue weighted by atomic mass is 10.2. The average Bonchev–Trinajstić information content (AvgIpc) is 2.51. The van der Waals surface area contributed by atoms with Gasteiger partial charge in [-0.15, -0.1) is 0 Å². The normalized spacial score (nSPS) is 10.6. The van der Waals surface area contributed by atoms with Crippen molar-refractivity contribution in [2.24, 2.45) is 0 Å². The first-order valence-corrected chi connectivity index (χ1v) is 8.28. The molecule has 1 aromatic rings. The number of hydrogen-bond acceptors (Lipinski definition) is 4. The van der Waals surface area contributed by atoms with Crippen LogP contribution in [0.15, 0.2) is 24.3 Å². The van der Waals surface area contributed by atoms with Crippen LogP contribution in [-0.4, -0.2) is 64.5 Å². The highest BCUT2D eigenvalue weighted by Gasteiger charge is 2.13. The van der Waals surface area contributed by atoms with E-state index in [1.165, 1.54) is 6.92 Å². The number of anilines is 2. The highest BCUT2D eigenvalue weighted by Crippen LogP contribution is 2.19. The van der Waals surface area contributed by atoms with Crippen LogP contribution in [0.3, 0.4) is 0 Å². The number of amides is 2. The van der Waals surface area contributed by atoms with E-state index in [1.807, 2.05) is 57.4 Å². The van der Waals surface area contributed by atoms with E-state index in [0.29, 0.717) is 19.5 Å². The van der Waals surface area contributed by atoms with E-state index < -0.39 is 0 Å². The van der Waals surface area contributed by atoms with E-state index in [2.05, 4.69) is 10.2 Å². The standard InChI is InChI=1S/C18H30N4O2/c1-15(23)22(17-9-7-16(8-10-17)21(4)5)14-11-18(24)19-12-6-13-20(2)3/h7-10H,6,11-14H2,1-5H3,(H,19,24). The van der Waals surface area contributed by atoms with Crippen LogP contribution in [0.25, 0.3) is 0 Å². The summed E-state index contributed by atoms with van der Waals surface area (Å²) < 4.78 is 0. The van der Waals surface area contributed by atoms with Crippen molar-refractivity contribution in [3.8, 4) is 0 Å². The molecule has 0 fully saturated rings. The summed E-state index contributed by atoms with van der Waals surface area (Å²) >= 11 is 0. The van der Waals surface area contributed by atoms with Crippen molar-refractivity contribution in [3.63, 3.8) is 0 Å². The summed E-state index contributed by atoms with van der Waals surface area (Å²) in [5.41, 5.74) is 1.88. The summed E-state index contributed by atoms with van der Waals surface area (Å²) in [5.74, 6) is -0.0853. The predicted octanol–water partition coefficient (Wildman–Crippen LogP) is 1.56. The summed E-state index contributed by atoms with van der Waals surface area (Å²) in [6.07, 6.45) is 1.22. The molecule has 0 radical (unpaired) electrons. The van der Waals surface area contributed by atoms with Gasteiger partial charge in [0, 0.05) is 51.9 Å². The van der Waals surface area contributed by atoms with Gasteiger partial charge in [0.15, 0.2) is 0 Å². The van der Waals surface area contributed by atoms with Crippen molar-refractivity contribution >= 4 is 23.2 Å². The van der Waals surface area contributed by atoms with Crippen molar-refractivity contribution in [2.45, 2.75) is 19.8 Å². The number of hydrogen-bond donors (Lipinski definition) is 1. The molecule has 6 nitrogen and oxygen atoms in total. The van der Waals surface area contributed by atoms with Crippen LogP contribution in [-0.2, 0) is 9.59 Å². The quantitative estimate of drug-likeness (QED) is 0.697. The molecule has 0 unspecified atom stereocenters. The van der Waals surface area contributed by atoms with Crippen molar-refractivity contribution in [1.82, 2.24) is 10.2 Å². The molecule has 24 heavy (non-hydrogen) atoms. The predicted molar refractivity (Wildman–Crippen MR) is 99.6 cm³/mol. The van der Waals surface area contributed by atoms with E-state index in [4.69, 9.17) is 0 Å². The molecule has 0 aliphatic heterocycles. The fourth-order valence-electron chi connectivity index (χ4n) is 2.32. The monoisotopic (exact) mass is 334 g/mol. The fourth-order valence-corrected chi connectivity index (χ4v) is 2.32. The van der Waals surface area contributed by atoms with Crippen molar-refractivity contribution in [1.29, 1.82) is 0 Å². The number of carbonyl (C=O) groups excluding carboxylic acids is 2. The second-order valence-electron chi connectivity index (χ2n) is 6.34. The van der Waals surface area contributed by atoms with Gasteiger partial charge in [-0.05, 0) is 51.3 Å². The van der Waals surface area contributed by atoms with Crippen LogP contribution >= 0.6 is 0 Å². The Morgan fingerprint density at radius 2 is 1.54 bits per heavy atom. The molecule has 0 saturated heterocycles. The maximum atomic E-state index is 11.9. The zero-order valence-electron chi connectivity index (χ0n) is 15.5. The summed E-state index contributed by atoms with van der Waals surface area (Å²) in [4.78, 5) is 29.5. The number of benzene rings is 1. The molecule has 0 aliphatic rings. The van der Waals surface area contributed by atoms with Crippen LogP contribution in [0.4, 0.5) is 11.4 Å². The van der Waals surface area contributed by atoms with E-state index in [9.17, 15) is 9.59 Å². The average molecular weight is 334 g/mol. The maximum Gasteiger partial charge on any atom is 0.223 e. The number of nitrogens with zero attached hydrogens (tertiary/aromatic N) is 3. The minimum absolute atomic E-state index is 0.0232. The second-order valence-corrected chi connectivity index (χ2v) is 6.34. The van der Waals surface area contributed by atoms with Gasteiger partial charge >= 0.3 is 0 Å². The Morgan fingerprint density at radius 1 is 0.958 bits per heavy atom. The van der Waals surface area contributed by atoms with Gasteiger partial charge in [0.05, 0.1) is 0 Å². The Bertz CT molecular complexity index is 526. The Morgan fingerprint density at radius 3 is 2.04 bits per heavy atom. The summed E-state index contributed by atoms with van der Waals surface area (Å²) in [5, 5.41) is 2.90. The van der Waals surface area contributed by atoms with Crippen LogP contribution in [0.5, 0.6) is 0 Å². The van der Waals surface area contributed by atoms with Crippen LogP contribution in [0.1, 0.15) is 19.8 Å². The minimum Gasteiger partial charge on any atom is -0.378 e. The molecule has 0 saturated carbocycles. The van der Waals surface area contributed by atoms with E-state index >= 15 is 0 Å². The van der Waals surface area contributed by atoms with Crippen molar-refractivity contribution in [2.75, 3.05) is 57.6 Å². The van der Waals surface area contributed by atoms with Gasteiger partial charge in [0.25, 0.3) is 0 Å².